The Hall–Kier alpha value is -0.570. The fraction of sp³-hybridized carbons (Fsp3) is 0.941. The van der Waals surface area contributed by atoms with E-state index in [1.165, 1.54) is 32.1 Å². The van der Waals surface area contributed by atoms with Crippen LogP contribution in [0.15, 0.2) is 0 Å². The van der Waals surface area contributed by atoms with Gasteiger partial charge in [0.2, 0.25) is 0 Å². The van der Waals surface area contributed by atoms with Crippen LogP contribution in [0.2, 0.25) is 0 Å². The second kappa shape index (κ2) is 14.8. The van der Waals surface area contributed by atoms with E-state index in [9.17, 15) is 4.79 Å². The standard InChI is InChI=1S/C17H35NO2/c1-4-7-8-9-10-11-12-14-17(19)20-16-13-15-18(5-2)6-3/h4-16H2,1-3H3. The molecule has 0 aromatic carbocycles. The number of esters is 1. The smallest absolute Gasteiger partial charge is 0.305 e. The first-order valence-electron chi connectivity index (χ1n) is 8.62. The molecule has 0 aromatic heterocycles. The van der Waals surface area contributed by atoms with E-state index in [4.69, 9.17) is 4.74 Å². The fourth-order valence-corrected chi connectivity index (χ4v) is 2.31. The topological polar surface area (TPSA) is 29.5 Å². The van der Waals surface area contributed by atoms with E-state index in [0.29, 0.717) is 13.0 Å². The quantitative estimate of drug-likeness (QED) is 0.350. The number of carbonyl (C=O) groups is 1. The third kappa shape index (κ3) is 12.5. The number of rotatable bonds is 14. The zero-order valence-corrected chi connectivity index (χ0v) is 14.0. The molecule has 0 amide bonds. The van der Waals surface area contributed by atoms with Gasteiger partial charge in [-0.15, -0.1) is 0 Å². The Labute approximate surface area is 126 Å². The van der Waals surface area contributed by atoms with Gasteiger partial charge in [0.15, 0.2) is 0 Å². The molecule has 0 aliphatic rings. The van der Waals surface area contributed by atoms with Crippen LogP contribution in [-0.4, -0.2) is 37.1 Å². The van der Waals surface area contributed by atoms with Crippen LogP contribution >= 0.6 is 0 Å². The van der Waals surface area contributed by atoms with Crippen molar-refractivity contribution in [3.05, 3.63) is 0 Å². The molecule has 0 saturated heterocycles. The third-order valence-electron chi connectivity index (χ3n) is 3.76. The molecule has 0 aromatic rings. The number of carbonyl (C=O) groups excluding carboxylic acids is 1. The number of ether oxygens (including phenoxy) is 1. The van der Waals surface area contributed by atoms with Gasteiger partial charge in [0, 0.05) is 13.0 Å². The van der Waals surface area contributed by atoms with Crippen molar-refractivity contribution in [2.75, 3.05) is 26.2 Å². The summed E-state index contributed by atoms with van der Waals surface area (Å²) in [5.41, 5.74) is 0. The van der Waals surface area contributed by atoms with Crippen LogP contribution in [-0.2, 0) is 9.53 Å². The molecule has 0 rings (SSSR count). The average molecular weight is 285 g/mol. The Morgan fingerprint density at radius 3 is 2.05 bits per heavy atom. The molecule has 0 aliphatic heterocycles. The monoisotopic (exact) mass is 285 g/mol. The Kier molecular flexibility index (Phi) is 14.4. The molecule has 3 nitrogen and oxygen atoms in total. The van der Waals surface area contributed by atoms with Crippen LogP contribution in [0, 0.1) is 0 Å². The van der Waals surface area contributed by atoms with Gasteiger partial charge in [-0.3, -0.25) is 4.79 Å². The summed E-state index contributed by atoms with van der Waals surface area (Å²) in [6.45, 7) is 10.3. The van der Waals surface area contributed by atoms with E-state index in [1.807, 2.05) is 0 Å². The molecule has 0 fully saturated rings. The molecular formula is C17H35NO2. The molecule has 0 heterocycles. The molecule has 3 heteroatoms. The molecule has 0 aliphatic carbocycles. The van der Waals surface area contributed by atoms with Crippen molar-refractivity contribution in [1.29, 1.82) is 0 Å². The second-order valence-corrected chi connectivity index (χ2v) is 5.47. The maximum atomic E-state index is 11.5. The van der Waals surface area contributed by atoms with Crippen molar-refractivity contribution in [3.63, 3.8) is 0 Å². The lowest BCUT2D eigenvalue weighted by Gasteiger charge is -2.17. The van der Waals surface area contributed by atoms with E-state index in [1.54, 1.807) is 0 Å². The first-order valence-corrected chi connectivity index (χ1v) is 8.62. The fourth-order valence-electron chi connectivity index (χ4n) is 2.31. The van der Waals surface area contributed by atoms with Gasteiger partial charge < -0.3 is 9.64 Å². The second-order valence-electron chi connectivity index (χ2n) is 5.47. The van der Waals surface area contributed by atoms with Crippen molar-refractivity contribution in [3.8, 4) is 0 Å². The summed E-state index contributed by atoms with van der Waals surface area (Å²) < 4.78 is 5.26. The van der Waals surface area contributed by atoms with E-state index >= 15 is 0 Å². The average Bonchev–Trinajstić information content (AvgIpc) is 2.46. The molecule has 0 unspecified atom stereocenters. The lowest BCUT2D eigenvalue weighted by molar-refractivity contribution is -0.143. The van der Waals surface area contributed by atoms with Crippen LogP contribution in [0.4, 0.5) is 0 Å². The highest BCUT2D eigenvalue weighted by Crippen LogP contribution is 2.08. The van der Waals surface area contributed by atoms with Gasteiger partial charge in [-0.05, 0) is 25.9 Å². The predicted molar refractivity (Wildman–Crippen MR) is 86.0 cm³/mol. The van der Waals surface area contributed by atoms with Crippen LogP contribution in [0.3, 0.4) is 0 Å². The Morgan fingerprint density at radius 2 is 1.45 bits per heavy atom. The maximum absolute atomic E-state index is 11.5. The van der Waals surface area contributed by atoms with Crippen LogP contribution in [0.5, 0.6) is 0 Å². The lowest BCUT2D eigenvalue weighted by Crippen LogP contribution is -2.25. The molecule has 0 spiro atoms. The van der Waals surface area contributed by atoms with Crippen molar-refractivity contribution >= 4 is 5.97 Å². The SMILES string of the molecule is CCCCCCCCCC(=O)OCCCN(CC)CC. The molecule has 0 bridgehead atoms. The van der Waals surface area contributed by atoms with Gasteiger partial charge in [-0.2, -0.15) is 0 Å². The Balaban J connectivity index is 3.28. The molecule has 0 N–H and O–H groups in total. The van der Waals surface area contributed by atoms with Crippen molar-refractivity contribution in [2.45, 2.75) is 78.6 Å². The highest BCUT2D eigenvalue weighted by molar-refractivity contribution is 5.69. The van der Waals surface area contributed by atoms with Gasteiger partial charge in [0.25, 0.3) is 0 Å². The van der Waals surface area contributed by atoms with Crippen molar-refractivity contribution in [2.24, 2.45) is 0 Å². The molecule has 0 saturated carbocycles. The zero-order valence-electron chi connectivity index (χ0n) is 14.0. The minimum Gasteiger partial charge on any atom is -0.466 e. The lowest BCUT2D eigenvalue weighted by atomic mass is 10.1. The minimum atomic E-state index is -0.0156. The molecular weight excluding hydrogens is 250 g/mol. The number of unbranched alkanes of at least 4 members (excludes halogenated alkanes) is 6. The van der Waals surface area contributed by atoms with Gasteiger partial charge in [-0.1, -0.05) is 59.3 Å². The summed E-state index contributed by atoms with van der Waals surface area (Å²) in [6, 6.07) is 0. The third-order valence-corrected chi connectivity index (χ3v) is 3.76. The number of hydrogen-bond acceptors (Lipinski definition) is 3. The van der Waals surface area contributed by atoms with E-state index < -0.39 is 0 Å². The summed E-state index contributed by atoms with van der Waals surface area (Å²) in [6.07, 6.45) is 10.2. The van der Waals surface area contributed by atoms with E-state index in [2.05, 4.69) is 25.7 Å². The van der Waals surface area contributed by atoms with Crippen LogP contribution in [0.1, 0.15) is 78.6 Å². The zero-order chi connectivity index (χ0) is 15.1. The molecule has 20 heavy (non-hydrogen) atoms. The Bertz CT molecular complexity index is 215. The van der Waals surface area contributed by atoms with E-state index in [-0.39, 0.29) is 5.97 Å². The van der Waals surface area contributed by atoms with Gasteiger partial charge in [-0.25, -0.2) is 0 Å². The number of nitrogens with zero attached hydrogens (tertiary/aromatic N) is 1. The van der Waals surface area contributed by atoms with Gasteiger partial charge >= 0.3 is 5.97 Å². The summed E-state index contributed by atoms with van der Waals surface area (Å²) in [4.78, 5) is 13.9. The van der Waals surface area contributed by atoms with Crippen molar-refractivity contribution in [1.82, 2.24) is 4.90 Å². The van der Waals surface area contributed by atoms with Crippen LogP contribution in [0.25, 0.3) is 0 Å². The van der Waals surface area contributed by atoms with E-state index in [0.717, 1.165) is 38.9 Å². The normalized spacial score (nSPS) is 11.0. The summed E-state index contributed by atoms with van der Waals surface area (Å²) in [7, 11) is 0. The molecule has 0 atom stereocenters. The first kappa shape index (κ1) is 19.4. The first-order chi connectivity index (χ1) is 9.74. The summed E-state index contributed by atoms with van der Waals surface area (Å²) >= 11 is 0. The van der Waals surface area contributed by atoms with Gasteiger partial charge in [0.05, 0.1) is 6.61 Å². The molecule has 120 valence electrons. The summed E-state index contributed by atoms with van der Waals surface area (Å²) in [5.74, 6) is -0.0156. The highest BCUT2D eigenvalue weighted by atomic mass is 16.5. The highest BCUT2D eigenvalue weighted by Gasteiger charge is 2.03. The van der Waals surface area contributed by atoms with Gasteiger partial charge in [0.1, 0.15) is 0 Å². The van der Waals surface area contributed by atoms with Crippen molar-refractivity contribution < 1.29 is 9.53 Å². The Morgan fingerprint density at radius 1 is 0.850 bits per heavy atom. The molecule has 0 radical (unpaired) electrons. The maximum Gasteiger partial charge on any atom is 0.305 e. The largest absolute Gasteiger partial charge is 0.466 e. The summed E-state index contributed by atoms with van der Waals surface area (Å²) in [5, 5.41) is 0. The predicted octanol–water partition coefficient (Wildman–Crippen LogP) is 4.40. The minimum absolute atomic E-state index is 0.0156. The number of hydrogen-bond donors (Lipinski definition) is 0. The van der Waals surface area contributed by atoms with Crippen LogP contribution < -0.4 is 0 Å².